The summed E-state index contributed by atoms with van der Waals surface area (Å²) in [6, 6.07) is 6.91. The number of aliphatic hydroxyl groups excluding tert-OH is 1. The molecule has 1 amide bonds. The average Bonchev–Trinajstić information content (AvgIpc) is 2.49. The van der Waals surface area contributed by atoms with Gasteiger partial charge in [0.2, 0.25) is 5.91 Å². The van der Waals surface area contributed by atoms with E-state index in [4.69, 9.17) is 0 Å². The number of hydrogen-bond acceptors (Lipinski definition) is 3. The van der Waals surface area contributed by atoms with Crippen molar-refractivity contribution in [1.29, 1.82) is 0 Å². The van der Waals surface area contributed by atoms with Gasteiger partial charge in [-0.1, -0.05) is 18.2 Å². The fraction of sp³-hybridized carbons (Fsp3) is 0.364. The number of likely N-dealkylation sites (tertiary alicyclic amines) is 1. The SMILES string of the molecule is O=C1CC(O)CN1Cc1ccccc1O. The molecule has 0 radical (unpaired) electrons. The van der Waals surface area contributed by atoms with E-state index in [9.17, 15) is 15.0 Å². The number of amides is 1. The van der Waals surface area contributed by atoms with Crippen LogP contribution in [0, 0.1) is 0 Å². The van der Waals surface area contributed by atoms with Crippen molar-refractivity contribution in [2.24, 2.45) is 0 Å². The summed E-state index contributed by atoms with van der Waals surface area (Å²) in [4.78, 5) is 12.9. The standard InChI is InChI=1S/C11H13NO3/c13-9-5-11(15)12(7-9)6-8-3-1-2-4-10(8)14/h1-4,9,13-14H,5-7H2. The smallest absolute Gasteiger partial charge is 0.225 e. The predicted octanol–water partition coefficient (Wildman–Crippen LogP) is 0.485. The normalized spacial score (nSPS) is 21.0. The molecule has 1 aliphatic rings. The first kappa shape index (κ1) is 9.98. The Kier molecular flexibility index (Phi) is 2.60. The van der Waals surface area contributed by atoms with Crippen LogP contribution >= 0.6 is 0 Å². The monoisotopic (exact) mass is 207 g/mol. The molecule has 0 aliphatic carbocycles. The highest BCUT2D eigenvalue weighted by atomic mass is 16.3. The first-order valence-electron chi connectivity index (χ1n) is 4.89. The molecule has 1 aromatic rings. The minimum absolute atomic E-state index is 0.0641. The maximum Gasteiger partial charge on any atom is 0.225 e. The summed E-state index contributed by atoms with van der Waals surface area (Å²) >= 11 is 0. The Morgan fingerprint density at radius 2 is 2.13 bits per heavy atom. The maximum absolute atomic E-state index is 11.4. The minimum Gasteiger partial charge on any atom is -0.508 e. The van der Waals surface area contributed by atoms with Crippen molar-refractivity contribution < 1.29 is 15.0 Å². The predicted molar refractivity (Wildman–Crippen MR) is 54.1 cm³/mol. The van der Waals surface area contributed by atoms with E-state index in [1.165, 1.54) is 0 Å². The van der Waals surface area contributed by atoms with E-state index in [0.29, 0.717) is 18.7 Å². The summed E-state index contributed by atoms with van der Waals surface area (Å²) < 4.78 is 0. The van der Waals surface area contributed by atoms with Gasteiger partial charge in [-0.15, -0.1) is 0 Å². The molecule has 80 valence electrons. The van der Waals surface area contributed by atoms with Crippen molar-refractivity contribution in [2.75, 3.05) is 6.54 Å². The zero-order valence-electron chi connectivity index (χ0n) is 8.26. The Balaban J connectivity index is 2.09. The number of rotatable bonds is 2. The molecule has 1 unspecified atom stereocenters. The van der Waals surface area contributed by atoms with Crippen LogP contribution in [-0.4, -0.2) is 33.7 Å². The van der Waals surface area contributed by atoms with Crippen molar-refractivity contribution in [1.82, 2.24) is 4.90 Å². The number of para-hydroxylation sites is 1. The van der Waals surface area contributed by atoms with Crippen molar-refractivity contribution in [3.05, 3.63) is 29.8 Å². The van der Waals surface area contributed by atoms with E-state index in [2.05, 4.69) is 0 Å². The quantitative estimate of drug-likeness (QED) is 0.741. The van der Waals surface area contributed by atoms with Crippen molar-refractivity contribution >= 4 is 5.91 Å². The summed E-state index contributed by atoms with van der Waals surface area (Å²) in [5, 5.41) is 18.8. The van der Waals surface area contributed by atoms with Crippen LogP contribution in [0.1, 0.15) is 12.0 Å². The summed E-state index contributed by atoms with van der Waals surface area (Å²) in [5.41, 5.74) is 0.708. The summed E-state index contributed by atoms with van der Waals surface area (Å²) in [6.45, 7) is 0.718. The molecule has 2 N–H and O–H groups in total. The lowest BCUT2D eigenvalue weighted by molar-refractivity contribution is -0.128. The van der Waals surface area contributed by atoms with E-state index in [1.807, 2.05) is 6.07 Å². The number of phenolic OH excluding ortho intramolecular Hbond substituents is 1. The lowest BCUT2D eigenvalue weighted by Gasteiger charge is -2.16. The van der Waals surface area contributed by atoms with Crippen molar-refractivity contribution in [3.8, 4) is 5.75 Å². The number of phenols is 1. The number of benzene rings is 1. The van der Waals surface area contributed by atoms with Gasteiger partial charge < -0.3 is 15.1 Å². The van der Waals surface area contributed by atoms with Gasteiger partial charge in [-0.3, -0.25) is 4.79 Å². The van der Waals surface area contributed by atoms with E-state index in [1.54, 1.807) is 23.1 Å². The van der Waals surface area contributed by atoms with Crippen LogP contribution in [0.4, 0.5) is 0 Å². The Hall–Kier alpha value is -1.55. The lowest BCUT2D eigenvalue weighted by atomic mass is 10.2. The third-order valence-corrected chi connectivity index (χ3v) is 2.55. The lowest BCUT2D eigenvalue weighted by Crippen LogP contribution is -2.25. The molecule has 2 rings (SSSR count). The largest absolute Gasteiger partial charge is 0.508 e. The Morgan fingerprint density at radius 3 is 2.73 bits per heavy atom. The van der Waals surface area contributed by atoms with Crippen LogP contribution in [0.5, 0.6) is 5.75 Å². The molecular weight excluding hydrogens is 194 g/mol. The zero-order valence-corrected chi connectivity index (χ0v) is 8.26. The van der Waals surface area contributed by atoms with Crippen LogP contribution < -0.4 is 0 Å². The van der Waals surface area contributed by atoms with Gasteiger partial charge in [0.05, 0.1) is 12.5 Å². The summed E-state index contributed by atoms with van der Waals surface area (Å²) in [6.07, 6.45) is -0.378. The minimum atomic E-state index is -0.566. The Morgan fingerprint density at radius 1 is 1.40 bits per heavy atom. The molecule has 4 heteroatoms. The van der Waals surface area contributed by atoms with Gasteiger partial charge in [0, 0.05) is 18.7 Å². The number of nitrogens with zero attached hydrogens (tertiary/aromatic N) is 1. The van der Waals surface area contributed by atoms with Crippen LogP contribution in [-0.2, 0) is 11.3 Å². The van der Waals surface area contributed by atoms with Crippen LogP contribution in [0.3, 0.4) is 0 Å². The zero-order chi connectivity index (χ0) is 10.8. The Bertz CT molecular complexity index is 378. The highest BCUT2D eigenvalue weighted by Crippen LogP contribution is 2.20. The van der Waals surface area contributed by atoms with Crippen LogP contribution in [0.15, 0.2) is 24.3 Å². The molecule has 0 aromatic heterocycles. The molecule has 1 aliphatic heterocycles. The molecule has 1 heterocycles. The van der Waals surface area contributed by atoms with Gasteiger partial charge in [-0.25, -0.2) is 0 Å². The maximum atomic E-state index is 11.4. The molecule has 15 heavy (non-hydrogen) atoms. The number of carbonyl (C=O) groups is 1. The first-order valence-corrected chi connectivity index (χ1v) is 4.89. The second-order valence-corrected chi connectivity index (χ2v) is 3.76. The molecular formula is C11H13NO3. The van der Waals surface area contributed by atoms with E-state index in [-0.39, 0.29) is 18.1 Å². The number of β-amino-alcohol motifs (C(OH)–C–C–N with tert-alkyl or cyclic N) is 1. The van der Waals surface area contributed by atoms with Crippen molar-refractivity contribution in [3.63, 3.8) is 0 Å². The number of carbonyl (C=O) groups excluding carboxylic acids is 1. The molecule has 4 nitrogen and oxygen atoms in total. The summed E-state index contributed by atoms with van der Waals surface area (Å²) in [5.74, 6) is 0.123. The molecule has 1 atom stereocenters. The van der Waals surface area contributed by atoms with E-state index >= 15 is 0 Å². The highest BCUT2D eigenvalue weighted by Gasteiger charge is 2.28. The fourth-order valence-electron chi connectivity index (χ4n) is 1.75. The molecule has 0 bridgehead atoms. The molecule has 0 saturated carbocycles. The third kappa shape index (κ3) is 2.10. The molecule has 1 fully saturated rings. The number of hydrogen-bond donors (Lipinski definition) is 2. The van der Waals surface area contributed by atoms with E-state index in [0.717, 1.165) is 0 Å². The average molecular weight is 207 g/mol. The second-order valence-electron chi connectivity index (χ2n) is 3.76. The number of aliphatic hydroxyl groups is 1. The summed E-state index contributed by atoms with van der Waals surface area (Å²) in [7, 11) is 0. The van der Waals surface area contributed by atoms with Gasteiger partial charge in [0.1, 0.15) is 5.75 Å². The molecule has 0 spiro atoms. The number of aromatic hydroxyl groups is 1. The van der Waals surface area contributed by atoms with Gasteiger partial charge in [-0.05, 0) is 6.07 Å². The second kappa shape index (κ2) is 3.90. The topological polar surface area (TPSA) is 60.8 Å². The van der Waals surface area contributed by atoms with Gasteiger partial charge >= 0.3 is 0 Å². The molecule has 1 saturated heterocycles. The van der Waals surface area contributed by atoms with Crippen LogP contribution in [0.2, 0.25) is 0 Å². The van der Waals surface area contributed by atoms with Gasteiger partial charge in [0.25, 0.3) is 0 Å². The van der Waals surface area contributed by atoms with Gasteiger partial charge in [0.15, 0.2) is 0 Å². The van der Waals surface area contributed by atoms with Crippen molar-refractivity contribution in [2.45, 2.75) is 19.1 Å². The highest BCUT2D eigenvalue weighted by molar-refractivity contribution is 5.79. The Labute approximate surface area is 87.8 Å². The molecule has 1 aromatic carbocycles. The third-order valence-electron chi connectivity index (χ3n) is 2.55. The fourth-order valence-corrected chi connectivity index (χ4v) is 1.75. The first-order chi connectivity index (χ1) is 7.16. The van der Waals surface area contributed by atoms with Crippen LogP contribution in [0.25, 0.3) is 0 Å². The van der Waals surface area contributed by atoms with Gasteiger partial charge in [-0.2, -0.15) is 0 Å². The van der Waals surface area contributed by atoms with E-state index < -0.39 is 6.10 Å².